The molecule has 0 saturated carbocycles. The fraction of sp³-hybridized carbons (Fsp3) is 0.917. The summed E-state index contributed by atoms with van der Waals surface area (Å²) in [4.78, 5) is 16.0. The number of piperazine rings is 1. The van der Waals surface area contributed by atoms with Crippen molar-refractivity contribution in [3.05, 3.63) is 0 Å². The second-order valence-electron chi connectivity index (χ2n) is 4.94. The molecule has 1 saturated heterocycles. The van der Waals surface area contributed by atoms with Crippen LogP contribution in [0.1, 0.15) is 20.3 Å². The molecule has 0 radical (unpaired) electrons. The molecule has 4 heteroatoms. The van der Waals surface area contributed by atoms with Gasteiger partial charge >= 0.3 is 0 Å². The van der Waals surface area contributed by atoms with Crippen molar-refractivity contribution in [3.8, 4) is 0 Å². The number of carbonyl (C=O) groups excluding carboxylic acids is 1. The summed E-state index contributed by atoms with van der Waals surface area (Å²) in [6.07, 6.45) is 1.25. The normalized spacial score (nSPS) is 18.1. The topological polar surface area (TPSA) is 35.6 Å². The number of hydrogen-bond donors (Lipinski definition) is 1. The lowest BCUT2D eigenvalue weighted by Crippen LogP contribution is -2.50. The smallest absolute Gasteiger partial charge is 0.236 e. The molecule has 0 aliphatic carbocycles. The maximum Gasteiger partial charge on any atom is 0.236 e. The number of rotatable bonds is 5. The van der Waals surface area contributed by atoms with Gasteiger partial charge in [-0.3, -0.25) is 9.69 Å². The Morgan fingerprint density at radius 1 is 1.25 bits per heavy atom. The van der Waals surface area contributed by atoms with Gasteiger partial charge in [-0.15, -0.1) is 0 Å². The summed E-state index contributed by atoms with van der Waals surface area (Å²) < 4.78 is 0. The van der Waals surface area contributed by atoms with E-state index >= 15 is 0 Å². The molecule has 0 spiro atoms. The number of hydrogen-bond acceptors (Lipinski definition) is 3. The van der Waals surface area contributed by atoms with Crippen molar-refractivity contribution < 1.29 is 4.79 Å². The monoisotopic (exact) mass is 227 g/mol. The van der Waals surface area contributed by atoms with E-state index in [-0.39, 0.29) is 5.91 Å². The van der Waals surface area contributed by atoms with Gasteiger partial charge in [0.2, 0.25) is 5.91 Å². The number of nitrogens with zero attached hydrogens (tertiary/aromatic N) is 2. The highest BCUT2D eigenvalue weighted by Crippen LogP contribution is 2.06. The molecule has 1 aliphatic heterocycles. The lowest BCUT2D eigenvalue weighted by atomic mass is 10.1. The van der Waals surface area contributed by atoms with Crippen LogP contribution in [0.4, 0.5) is 0 Å². The highest BCUT2D eigenvalue weighted by Gasteiger charge is 2.19. The molecular formula is C12H25N3O. The van der Waals surface area contributed by atoms with E-state index in [1.807, 2.05) is 11.9 Å². The van der Waals surface area contributed by atoms with E-state index in [2.05, 4.69) is 24.1 Å². The third kappa shape index (κ3) is 4.49. The number of carbonyl (C=O) groups is 1. The predicted octanol–water partition coefficient (Wildman–Crippen LogP) is 0.396. The minimum atomic E-state index is 0.228. The summed E-state index contributed by atoms with van der Waals surface area (Å²) in [6, 6.07) is 0. The summed E-state index contributed by atoms with van der Waals surface area (Å²) >= 11 is 0. The number of nitrogens with one attached hydrogen (secondary N) is 1. The van der Waals surface area contributed by atoms with Gasteiger partial charge < -0.3 is 10.2 Å². The molecule has 0 unspecified atom stereocenters. The van der Waals surface area contributed by atoms with Gasteiger partial charge in [-0.05, 0) is 25.9 Å². The third-order valence-electron chi connectivity index (χ3n) is 3.08. The minimum Gasteiger partial charge on any atom is -0.339 e. The first-order valence-corrected chi connectivity index (χ1v) is 6.28. The van der Waals surface area contributed by atoms with Crippen LogP contribution in [0.25, 0.3) is 0 Å². The molecule has 94 valence electrons. The molecule has 4 nitrogen and oxygen atoms in total. The van der Waals surface area contributed by atoms with E-state index in [4.69, 9.17) is 0 Å². The van der Waals surface area contributed by atoms with Crippen LogP contribution < -0.4 is 5.32 Å². The summed E-state index contributed by atoms with van der Waals surface area (Å²) in [5.41, 5.74) is 0. The van der Waals surface area contributed by atoms with Crippen molar-refractivity contribution in [2.24, 2.45) is 5.92 Å². The van der Waals surface area contributed by atoms with Gasteiger partial charge in [-0.25, -0.2) is 0 Å². The number of likely N-dealkylation sites (N-methyl/N-ethyl adjacent to an activating group) is 1. The van der Waals surface area contributed by atoms with Gasteiger partial charge in [0.15, 0.2) is 0 Å². The maximum absolute atomic E-state index is 11.6. The van der Waals surface area contributed by atoms with E-state index in [0.717, 1.165) is 32.1 Å². The molecule has 1 heterocycles. The van der Waals surface area contributed by atoms with Gasteiger partial charge in [0.05, 0.1) is 6.54 Å². The Balaban J connectivity index is 2.20. The molecule has 1 aliphatic rings. The van der Waals surface area contributed by atoms with Crippen molar-refractivity contribution >= 4 is 5.91 Å². The largest absolute Gasteiger partial charge is 0.339 e. The van der Waals surface area contributed by atoms with E-state index in [0.29, 0.717) is 6.54 Å². The Morgan fingerprint density at radius 3 is 2.38 bits per heavy atom. The highest BCUT2D eigenvalue weighted by molar-refractivity contribution is 5.78. The lowest BCUT2D eigenvalue weighted by Gasteiger charge is -2.35. The molecule has 1 amide bonds. The summed E-state index contributed by atoms with van der Waals surface area (Å²) in [5.74, 6) is 0.995. The predicted molar refractivity (Wildman–Crippen MR) is 66.4 cm³/mol. The maximum atomic E-state index is 11.6. The summed E-state index contributed by atoms with van der Waals surface area (Å²) in [7, 11) is 1.82. The molecule has 0 bridgehead atoms. The Morgan fingerprint density at radius 2 is 1.88 bits per heavy atom. The average molecular weight is 227 g/mol. The van der Waals surface area contributed by atoms with E-state index in [9.17, 15) is 4.79 Å². The SMILES string of the molecule is CNCC(=O)N1CCN(CCC(C)C)CC1. The fourth-order valence-electron chi connectivity index (χ4n) is 1.92. The molecule has 16 heavy (non-hydrogen) atoms. The van der Waals surface area contributed by atoms with Gasteiger partial charge in [0.1, 0.15) is 0 Å². The van der Waals surface area contributed by atoms with Crippen LogP contribution in [0.15, 0.2) is 0 Å². The first-order chi connectivity index (χ1) is 7.63. The van der Waals surface area contributed by atoms with E-state index in [1.165, 1.54) is 13.0 Å². The van der Waals surface area contributed by atoms with Crippen LogP contribution in [-0.2, 0) is 4.79 Å². The summed E-state index contributed by atoms with van der Waals surface area (Å²) in [6.45, 7) is 9.98. The van der Waals surface area contributed by atoms with Crippen LogP contribution in [0.2, 0.25) is 0 Å². The minimum absolute atomic E-state index is 0.228. The van der Waals surface area contributed by atoms with Crippen molar-refractivity contribution in [1.29, 1.82) is 0 Å². The molecule has 0 aromatic heterocycles. The Bertz CT molecular complexity index is 210. The quantitative estimate of drug-likeness (QED) is 0.738. The molecule has 0 aromatic rings. The first-order valence-electron chi connectivity index (χ1n) is 6.28. The van der Waals surface area contributed by atoms with Gasteiger partial charge in [0, 0.05) is 26.2 Å². The third-order valence-corrected chi connectivity index (χ3v) is 3.08. The second-order valence-corrected chi connectivity index (χ2v) is 4.94. The first kappa shape index (κ1) is 13.5. The standard InChI is InChI=1S/C12H25N3O/c1-11(2)4-5-14-6-8-15(9-7-14)12(16)10-13-3/h11,13H,4-10H2,1-3H3. The average Bonchev–Trinajstić information content (AvgIpc) is 2.27. The Labute approximate surface area is 99.0 Å². The molecule has 1 rings (SSSR count). The second kappa shape index (κ2) is 6.86. The van der Waals surface area contributed by atoms with Crippen molar-refractivity contribution in [2.45, 2.75) is 20.3 Å². The lowest BCUT2D eigenvalue weighted by molar-refractivity contribution is -0.131. The van der Waals surface area contributed by atoms with Crippen molar-refractivity contribution in [1.82, 2.24) is 15.1 Å². The molecule has 1 fully saturated rings. The Hall–Kier alpha value is -0.610. The number of amides is 1. The molecule has 1 N–H and O–H groups in total. The van der Waals surface area contributed by atoms with Crippen LogP contribution >= 0.6 is 0 Å². The van der Waals surface area contributed by atoms with Crippen LogP contribution in [0.3, 0.4) is 0 Å². The van der Waals surface area contributed by atoms with Gasteiger partial charge in [0.25, 0.3) is 0 Å². The fourth-order valence-corrected chi connectivity index (χ4v) is 1.92. The van der Waals surface area contributed by atoms with E-state index < -0.39 is 0 Å². The van der Waals surface area contributed by atoms with Crippen LogP contribution in [0.5, 0.6) is 0 Å². The zero-order valence-electron chi connectivity index (χ0n) is 10.8. The highest BCUT2D eigenvalue weighted by atomic mass is 16.2. The molecular weight excluding hydrogens is 202 g/mol. The zero-order chi connectivity index (χ0) is 12.0. The summed E-state index contributed by atoms with van der Waals surface area (Å²) in [5, 5.41) is 2.91. The van der Waals surface area contributed by atoms with Crippen LogP contribution in [0, 0.1) is 5.92 Å². The van der Waals surface area contributed by atoms with Crippen LogP contribution in [-0.4, -0.2) is 62.0 Å². The van der Waals surface area contributed by atoms with E-state index in [1.54, 1.807) is 0 Å². The zero-order valence-corrected chi connectivity index (χ0v) is 10.8. The Kier molecular flexibility index (Phi) is 5.77. The van der Waals surface area contributed by atoms with Gasteiger partial charge in [-0.1, -0.05) is 13.8 Å². The van der Waals surface area contributed by atoms with Crippen molar-refractivity contribution in [2.75, 3.05) is 46.3 Å². The van der Waals surface area contributed by atoms with Gasteiger partial charge in [-0.2, -0.15) is 0 Å². The molecule has 0 atom stereocenters. The van der Waals surface area contributed by atoms with Crippen molar-refractivity contribution in [3.63, 3.8) is 0 Å². The molecule has 0 aromatic carbocycles.